The van der Waals surface area contributed by atoms with Crippen LogP contribution in [0.25, 0.3) is 23.0 Å². The van der Waals surface area contributed by atoms with Gasteiger partial charge in [-0.2, -0.15) is 10.4 Å². The molecule has 4 rings (SSSR count). The Morgan fingerprint density at radius 1 is 1.11 bits per heavy atom. The van der Waals surface area contributed by atoms with Crippen LogP contribution in [-0.4, -0.2) is 20.5 Å². The monoisotopic (exact) mass is 382 g/mol. The minimum atomic E-state index is -0.290. The van der Waals surface area contributed by atoms with Crippen LogP contribution in [0.1, 0.15) is 15.2 Å². The molecule has 3 heterocycles. The van der Waals surface area contributed by atoms with Crippen molar-refractivity contribution in [3.63, 3.8) is 0 Å². The molecule has 0 spiro atoms. The SMILES string of the molecule is N#C/C(=C\c1cn(-c2ccccc2)nc1-c1cccnc1)C(=O)c1cccs1. The average Bonchev–Trinajstić information content (AvgIpc) is 3.43. The summed E-state index contributed by atoms with van der Waals surface area (Å²) in [6.45, 7) is 0. The highest BCUT2D eigenvalue weighted by Crippen LogP contribution is 2.26. The number of hydrogen-bond acceptors (Lipinski definition) is 5. The van der Waals surface area contributed by atoms with Gasteiger partial charge in [0.25, 0.3) is 0 Å². The zero-order valence-electron chi connectivity index (χ0n) is 14.7. The van der Waals surface area contributed by atoms with Gasteiger partial charge in [-0.05, 0) is 41.8 Å². The maximum Gasteiger partial charge on any atom is 0.213 e. The van der Waals surface area contributed by atoms with Gasteiger partial charge in [-0.3, -0.25) is 9.78 Å². The highest BCUT2D eigenvalue weighted by Gasteiger charge is 2.17. The van der Waals surface area contributed by atoms with Crippen LogP contribution >= 0.6 is 11.3 Å². The first kappa shape index (κ1) is 17.6. The number of carbonyl (C=O) groups excluding carboxylic acids is 1. The summed E-state index contributed by atoms with van der Waals surface area (Å²) in [4.78, 5) is 17.3. The Kier molecular flexibility index (Phi) is 4.91. The zero-order valence-corrected chi connectivity index (χ0v) is 15.5. The minimum absolute atomic E-state index is 0.0696. The molecule has 0 aliphatic rings. The van der Waals surface area contributed by atoms with Gasteiger partial charge in [0.05, 0.1) is 10.6 Å². The Morgan fingerprint density at radius 3 is 2.64 bits per heavy atom. The van der Waals surface area contributed by atoms with Crippen LogP contribution in [0.5, 0.6) is 0 Å². The van der Waals surface area contributed by atoms with Gasteiger partial charge in [0.2, 0.25) is 5.78 Å². The lowest BCUT2D eigenvalue weighted by atomic mass is 10.0. The molecule has 4 aromatic rings. The van der Waals surface area contributed by atoms with E-state index in [-0.39, 0.29) is 11.4 Å². The van der Waals surface area contributed by atoms with E-state index in [2.05, 4.69) is 10.1 Å². The maximum absolute atomic E-state index is 12.6. The van der Waals surface area contributed by atoms with Gasteiger partial charge in [-0.15, -0.1) is 11.3 Å². The standard InChI is InChI=1S/C22H14N4OS/c23-13-17(22(27)20-9-5-11-28-20)12-18-15-26(19-7-2-1-3-8-19)25-21(18)16-6-4-10-24-14-16/h1-12,14-15H/b17-12+. The van der Waals surface area contributed by atoms with Gasteiger partial charge >= 0.3 is 0 Å². The Balaban J connectivity index is 1.84. The number of benzene rings is 1. The molecule has 0 atom stereocenters. The van der Waals surface area contributed by atoms with Crippen molar-refractivity contribution >= 4 is 23.2 Å². The number of aromatic nitrogens is 3. The third-order valence-electron chi connectivity index (χ3n) is 4.11. The molecule has 134 valence electrons. The number of allylic oxidation sites excluding steroid dienone is 1. The number of nitrogens with zero attached hydrogens (tertiary/aromatic N) is 4. The molecular formula is C22H14N4OS. The second kappa shape index (κ2) is 7.82. The lowest BCUT2D eigenvalue weighted by Crippen LogP contribution is -1.99. The molecule has 6 heteroatoms. The minimum Gasteiger partial charge on any atom is -0.287 e. The van der Waals surface area contributed by atoms with Gasteiger partial charge < -0.3 is 0 Å². The molecule has 0 saturated carbocycles. The summed E-state index contributed by atoms with van der Waals surface area (Å²) >= 11 is 1.32. The number of thiophene rings is 1. The second-order valence-electron chi connectivity index (χ2n) is 5.93. The zero-order chi connectivity index (χ0) is 19.3. The predicted octanol–water partition coefficient (Wildman–Crippen LogP) is 4.79. The van der Waals surface area contributed by atoms with Crippen LogP contribution in [0.15, 0.2) is 84.1 Å². The van der Waals surface area contributed by atoms with E-state index in [1.807, 2.05) is 60.1 Å². The number of hydrogen-bond donors (Lipinski definition) is 0. The summed E-state index contributed by atoms with van der Waals surface area (Å²) in [6.07, 6.45) is 6.81. The number of nitriles is 1. The fourth-order valence-corrected chi connectivity index (χ4v) is 3.46. The molecule has 5 nitrogen and oxygen atoms in total. The molecule has 0 fully saturated rings. The summed E-state index contributed by atoms with van der Waals surface area (Å²) < 4.78 is 1.73. The van der Waals surface area contributed by atoms with Crippen molar-refractivity contribution in [3.8, 4) is 23.0 Å². The highest BCUT2D eigenvalue weighted by atomic mass is 32.1. The fraction of sp³-hybridized carbons (Fsp3) is 0. The largest absolute Gasteiger partial charge is 0.287 e. The van der Waals surface area contributed by atoms with Crippen molar-refractivity contribution in [2.45, 2.75) is 0 Å². The van der Waals surface area contributed by atoms with Crippen molar-refractivity contribution in [2.75, 3.05) is 0 Å². The number of pyridine rings is 1. The molecule has 0 N–H and O–H groups in total. The summed E-state index contributed by atoms with van der Waals surface area (Å²) in [7, 11) is 0. The number of ketones is 1. The predicted molar refractivity (Wildman–Crippen MR) is 109 cm³/mol. The van der Waals surface area contributed by atoms with Crippen molar-refractivity contribution in [1.82, 2.24) is 14.8 Å². The maximum atomic E-state index is 12.6. The van der Waals surface area contributed by atoms with E-state index < -0.39 is 0 Å². The van der Waals surface area contributed by atoms with Crippen LogP contribution in [-0.2, 0) is 0 Å². The van der Waals surface area contributed by atoms with Crippen molar-refractivity contribution in [3.05, 3.63) is 94.6 Å². The Labute approximate surface area is 165 Å². The first-order chi connectivity index (χ1) is 13.8. The van der Waals surface area contributed by atoms with E-state index in [0.717, 1.165) is 11.3 Å². The normalized spacial score (nSPS) is 11.2. The lowest BCUT2D eigenvalue weighted by Gasteiger charge is -2.00. The molecule has 0 aliphatic heterocycles. The van der Waals surface area contributed by atoms with Gasteiger partial charge in [0.15, 0.2) is 0 Å². The molecule has 0 aliphatic carbocycles. The molecule has 0 unspecified atom stereocenters. The second-order valence-corrected chi connectivity index (χ2v) is 6.88. The molecule has 0 amide bonds. The topological polar surface area (TPSA) is 71.6 Å². The van der Waals surface area contributed by atoms with Crippen molar-refractivity contribution in [1.29, 1.82) is 5.26 Å². The van der Waals surface area contributed by atoms with E-state index in [1.54, 1.807) is 35.3 Å². The van der Waals surface area contributed by atoms with Gasteiger partial charge in [0, 0.05) is 29.7 Å². The number of carbonyl (C=O) groups is 1. The summed E-state index contributed by atoms with van der Waals surface area (Å²) in [5.74, 6) is -0.290. The van der Waals surface area contributed by atoms with Crippen molar-refractivity contribution < 1.29 is 4.79 Å². The summed E-state index contributed by atoms with van der Waals surface area (Å²) in [6, 6.07) is 18.9. The first-order valence-corrected chi connectivity index (χ1v) is 9.40. The number of rotatable bonds is 5. The van der Waals surface area contributed by atoms with Gasteiger partial charge in [-0.25, -0.2) is 4.68 Å². The van der Waals surface area contributed by atoms with Crippen LogP contribution < -0.4 is 0 Å². The van der Waals surface area contributed by atoms with Crippen LogP contribution in [0, 0.1) is 11.3 Å². The van der Waals surface area contributed by atoms with E-state index in [4.69, 9.17) is 0 Å². The Morgan fingerprint density at radius 2 is 1.96 bits per heavy atom. The van der Waals surface area contributed by atoms with E-state index in [0.29, 0.717) is 16.1 Å². The summed E-state index contributed by atoms with van der Waals surface area (Å²) in [5.41, 5.74) is 3.10. The first-order valence-electron chi connectivity index (χ1n) is 8.52. The number of para-hydroxylation sites is 1. The smallest absolute Gasteiger partial charge is 0.213 e. The summed E-state index contributed by atoms with van der Waals surface area (Å²) in [5, 5.41) is 16.1. The number of Topliss-reactive ketones (excluding diaryl/α,β-unsaturated/α-hetero) is 1. The average molecular weight is 382 g/mol. The van der Waals surface area contributed by atoms with Gasteiger partial charge in [-0.1, -0.05) is 24.3 Å². The van der Waals surface area contributed by atoms with Crippen LogP contribution in [0.4, 0.5) is 0 Å². The molecule has 1 aromatic carbocycles. The molecular weight excluding hydrogens is 368 g/mol. The lowest BCUT2D eigenvalue weighted by molar-refractivity contribution is 0.104. The van der Waals surface area contributed by atoms with Gasteiger partial charge in [0.1, 0.15) is 17.3 Å². The molecule has 0 bridgehead atoms. The molecule has 0 saturated heterocycles. The van der Waals surface area contributed by atoms with Crippen LogP contribution in [0.3, 0.4) is 0 Å². The van der Waals surface area contributed by atoms with Crippen molar-refractivity contribution in [2.24, 2.45) is 0 Å². The Hall–Kier alpha value is -3.82. The van der Waals surface area contributed by atoms with E-state index in [1.165, 1.54) is 11.3 Å². The molecule has 28 heavy (non-hydrogen) atoms. The van der Waals surface area contributed by atoms with E-state index >= 15 is 0 Å². The van der Waals surface area contributed by atoms with E-state index in [9.17, 15) is 10.1 Å². The Bertz CT molecular complexity index is 1170. The third kappa shape index (κ3) is 3.52. The molecule has 0 radical (unpaired) electrons. The fourth-order valence-electron chi connectivity index (χ4n) is 2.78. The third-order valence-corrected chi connectivity index (χ3v) is 4.98. The quantitative estimate of drug-likeness (QED) is 0.283. The molecule has 3 aromatic heterocycles. The van der Waals surface area contributed by atoms with Crippen LogP contribution in [0.2, 0.25) is 0 Å². The highest BCUT2D eigenvalue weighted by molar-refractivity contribution is 7.12.